The molecular formula is C16H23F2NO3. The van der Waals surface area contributed by atoms with Gasteiger partial charge in [-0.2, -0.15) is 8.78 Å². The van der Waals surface area contributed by atoms with Gasteiger partial charge in [0.05, 0.1) is 6.61 Å². The molecule has 1 saturated heterocycles. The molecule has 0 bridgehead atoms. The van der Waals surface area contributed by atoms with E-state index in [2.05, 4.69) is 10.1 Å². The van der Waals surface area contributed by atoms with Gasteiger partial charge >= 0.3 is 6.61 Å². The van der Waals surface area contributed by atoms with Crippen molar-refractivity contribution in [3.05, 3.63) is 29.3 Å². The van der Waals surface area contributed by atoms with Crippen LogP contribution in [0.15, 0.2) is 18.2 Å². The van der Waals surface area contributed by atoms with Gasteiger partial charge in [-0.25, -0.2) is 0 Å². The highest BCUT2D eigenvalue weighted by Crippen LogP contribution is 2.32. The van der Waals surface area contributed by atoms with Crippen LogP contribution in [0.4, 0.5) is 8.78 Å². The van der Waals surface area contributed by atoms with Crippen LogP contribution >= 0.6 is 0 Å². The molecule has 1 aliphatic heterocycles. The summed E-state index contributed by atoms with van der Waals surface area (Å²) < 4.78 is 35.1. The van der Waals surface area contributed by atoms with Crippen LogP contribution in [0.25, 0.3) is 0 Å². The third-order valence-electron chi connectivity index (χ3n) is 4.14. The third kappa shape index (κ3) is 4.38. The Hall–Kier alpha value is -1.24. The number of aliphatic hydroxyl groups is 1. The number of hydrogen-bond donors (Lipinski definition) is 2. The Labute approximate surface area is 129 Å². The lowest BCUT2D eigenvalue weighted by Crippen LogP contribution is -2.35. The van der Waals surface area contributed by atoms with Crippen LogP contribution in [-0.2, 0) is 11.3 Å². The van der Waals surface area contributed by atoms with Gasteiger partial charge < -0.3 is 19.9 Å². The topological polar surface area (TPSA) is 50.7 Å². The molecule has 1 unspecified atom stereocenters. The van der Waals surface area contributed by atoms with Gasteiger partial charge in [-0.3, -0.25) is 0 Å². The van der Waals surface area contributed by atoms with E-state index in [4.69, 9.17) is 4.74 Å². The van der Waals surface area contributed by atoms with E-state index < -0.39 is 6.61 Å². The molecule has 1 aromatic rings. The zero-order chi connectivity index (χ0) is 16.0. The van der Waals surface area contributed by atoms with Gasteiger partial charge in [-0.15, -0.1) is 0 Å². The number of aryl methyl sites for hydroxylation is 1. The fourth-order valence-corrected chi connectivity index (χ4v) is 2.88. The second kappa shape index (κ2) is 7.85. The van der Waals surface area contributed by atoms with E-state index >= 15 is 0 Å². The molecule has 4 nitrogen and oxygen atoms in total. The Bertz CT molecular complexity index is 476. The molecule has 2 rings (SSSR count). The first-order valence-corrected chi connectivity index (χ1v) is 7.49. The first-order valence-electron chi connectivity index (χ1n) is 7.49. The Balaban J connectivity index is 1.98. The Morgan fingerprint density at radius 1 is 1.45 bits per heavy atom. The predicted molar refractivity (Wildman–Crippen MR) is 79.1 cm³/mol. The Morgan fingerprint density at radius 2 is 2.27 bits per heavy atom. The molecule has 6 heteroatoms. The fraction of sp³-hybridized carbons (Fsp3) is 0.625. The SMILES string of the molecule is Cc1cccc(CNCC2(CCO)CCOC2)c1OC(F)F. The van der Waals surface area contributed by atoms with Crippen molar-refractivity contribution >= 4 is 0 Å². The largest absolute Gasteiger partial charge is 0.434 e. The van der Waals surface area contributed by atoms with Crippen LogP contribution in [0.5, 0.6) is 5.75 Å². The summed E-state index contributed by atoms with van der Waals surface area (Å²) in [7, 11) is 0. The minimum absolute atomic E-state index is 0.0672. The molecule has 0 radical (unpaired) electrons. The highest BCUT2D eigenvalue weighted by atomic mass is 19.3. The summed E-state index contributed by atoms with van der Waals surface area (Å²) in [4.78, 5) is 0. The van der Waals surface area contributed by atoms with Gasteiger partial charge in [0.1, 0.15) is 5.75 Å². The average Bonchev–Trinajstić information content (AvgIpc) is 2.91. The quantitative estimate of drug-likeness (QED) is 0.774. The van der Waals surface area contributed by atoms with E-state index in [-0.39, 0.29) is 17.8 Å². The molecule has 1 aliphatic rings. The molecule has 0 saturated carbocycles. The molecule has 0 amide bonds. The van der Waals surface area contributed by atoms with Gasteiger partial charge in [-0.1, -0.05) is 18.2 Å². The molecule has 0 spiro atoms. The molecule has 1 fully saturated rings. The molecule has 124 valence electrons. The minimum atomic E-state index is -2.83. The van der Waals surface area contributed by atoms with Crippen LogP contribution in [-0.4, -0.2) is 38.1 Å². The van der Waals surface area contributed by atoms with Crippen LogP contribution in [0.1, 0.15) is 24.0 Å². The number of aliphatic hydroxyl groups excluding tert-OH is 1. The lowest BCUT2D eigenvalue weighted by Gasteiger charge is -2.27. The van der Waals surface area contributed by atoms with Crippen molar-refractivity contribution in [1.82, 2.24) is 5.32 Å². The number of alkyl halides is 2. The van der Waals surface area contributed by atoms with E-state index in [0.717, 1.165) is 6.42 Å². The van der Waals surface area contributed by atoms with E-state index in [0.29, 0.717) is 43.9 Å². The lowest BCUT2D eigenvalue weighted by molar-refractivity contribution is -0.0509. The van der Waals surface area contributed by atoms with Crippen molar-refractivity contribution in [2.75, 3.05) is 26.4 Å². The molecule has 2 N–H and O–H groups in total. The van der Waals surface area contributed by atoms with Gasteiger partial charge in [0, 0.05) is 37.3 Å². The lowest BCUT2D eigenvalue weighted by atomic mass is 9.84. The monoisotopic (exact) mass is 315 g/mol. The van der Waals surface area contributed by atoms with Gasteiger partial charge in [0.15, 0.2) is 0 Å². The average molecular weight is 315 g/mol. The summed E-state index contributed by atoms with van der Waals surface area (Å²) in [5.41, 5.74) is 1.33. The summed E-state index contributed by atoms with van der Waals surface area (Å²) in [6.45, 7) is 1.48. The summed E-state index contributed by atoms with van der Waals surface area (Å²) in [6.07, 6.45) is 1.57. The van der Waals surface area contributed by atoms with Crippen molar-refractivity contribution in [3.63, 3.8) is 0 Å². The van der Waals surface area contributed by atoms with Crippen molar-refractivity contribution in [2.45, 2.75) is 32.9 Å². The van der Waals surface area contributed by atoms with Gasteiger partial charge in [0.2, 0.25) is 0 Å². The highest BCUT2D eigenvalue weighted by Gasteiger charge is 2.33. The number of para-hydroxylation sites is 1. The summed E-state index contributed by atoms with van der Waals surface area (Å²) in [5, 5.41) is 12.5. The smallest absolute Gasteiger partial charge is 0.387 e. The number of ether oxygens (including phenoxy) is 2. The number of benzene rings is 1. The van der Waals surface area contributed by atoms with Crippen LogP contribution in [0.2, 0.25) is 0 Å². The summed E-state index contributed by atoms with van der Waals surface area (Å²) in [5.74, 6) is 0.240. The highest BCUT2D eigenvalue weighted by molar-refractivity contribution is 5.40. The molecule has 1 atom stereocenters. The van der Waals surface area contributed by atoms with E-state index in [9.17, 15) is 13.9 Å². The third-order valence-corrected chi connectivity index (χ3v) is 4.14. The predicted octanol–water partition coefficient (Wildman–Crippen LogP) is 2.48. The Morgan fingerprint density at radius 3 is 2.91 bits per heavy atom. The second-order valence-electron chi connectivity index (χ2n) is 5.82. The maximum absolute atomic E-state index is 12.5. The second-order valence-corrected chi connectivity index (χ2v) is 5.82. The van der Waals surface area contributed by atoms with Gasteiger partial charge in [0.25, 0.3) is 0 Å². The zero-order valence-electron chi connectivity index (χ0n) is 12.8. The van der Waals surface area contributed by atoms with Crippen molar-refractivity contribution in [2.24, 2.45) is 5.41 Å². The molecule has 0 aromatic heterocycles. The standard InChI is InChI=1S/C16H23F2NO3/c1-12-3-2-4-13(14(12)22-15(17)18)9-19-10-16(5-7-20)6-8-21-11-16/h2-4,15,19-20H,5-11H2,1H3. The van der Waals surface area contributed by atoms with Crippen LogP contribution < -0.4 is 10.1 Å². The van der Waals surface area contributed by atoms with E-state index in [1.807, 2.05) is 6.07 Å². The molecule has 1 heterocycles. The first kappa shape index (κ1) is 17.1. The van der Waals surface area contributed by atoms with Crippen molar-refractivity contribution in [3.8, 4) is 5.75 Å². The van der Waals surface area contributed by atoms with E-state index in [1.165, 1.54) is 0 Å². The molecule has 22 heavy (non-hydrogen) atoms. The maximum Gasteiger partial charge on any atom is 0.387 e. The molecular weight excluding hydrogens is 292 g/mol. The Kier molecular flexibility index (Phi) is 6.11. The zero-order valence-corrected chi connectivity index (χ0v) is 12.8. The van der Waals surface area contributed by atoms with Crippen molar-refractivity contribution < 1.29 is 23.4 Å². The number of nitrogens with one attached hydrogen (secondary N) is 1. The fourth-order valence-electron chi connectivity index (χ4n) is 2.88. The first-order chi connectivity index (χ1) is 10.6. The minimum Gasteiger partial charge on any atom is -0.434 e. The summed E-state index contributed by atoms with van der Waals surface area (Å²) >= 11 is 0. The van der Waals surface area contributed by atoms with Gasteiger partial charge in [-0.05, 0) is 25.3 Å². The molecule has 1 aromatic carbocycles. The number of rotatable bonds is 8. The number of hydrogen-bond acceptors (Lipinski definition) is 4. The summed E-state index contributed by atoms with van der Waals surface area (Å²) in [6, 6.07) is 5.35. The van der Waals surface area contributed by atoms with Crippen LogP contribution in [0, 0.1) is 12.3 Å². The van der Waals surface area contributed by atoms with E-state index in [1.54, 1.807) is 19.1 Å². The maximum atomic E-state index is 12.5. The number of halogens is 2. The van der Waals surface area contributed by atoms with Crippen LogP contribution in [0.3, 0.4) is 0 Å². The van der Waals surface area contributed by atoms with Crippen molar-refractivity contribution in [1.29, 1.82) is 0 Å². The molecule has 0 aliphatic carbocycles. The normalized spacial score (nSPS) is 21.5.